The molecule has 0 aliphatic carbocycles. The first kappa shape index (κ1) is 101. The number of nitrogens with one attached hydrogen (secondary N) is 4. The van der Waals surface area contributed by atoms with Crippen LogP contribution in [-0.4, -0.2) is 199 Å². The van der Waals surface area contributed by atoms with Gasteiger partial charge >= 0.3 is 67.4 Å². The zero-order valence-electron chi connectivity index (χ0n) is 75.1. The summed E-state index contributed by atoms with van der Waals surface area (Å²) >= 11 is 5.85. The third kappa shape index (κ3) is 23.2. The van der Waals surface area contributed by atoms with Crippen LogP contribution in [0.5, 0.6) is 17.2 Å². The van der Waals surface area contributed by atoms with Gasteiger partial charge in [-0.2, -0.15) is 29.6 Å². The number of phosphoric acid groups is 2. The van der Waals surface area contributed by atoms with E-state index in [1.165, 1.54) is 91.6 Å². The van der Waals surface area contributed by atoms with Crippen molar-refractivity contribution < 1.29 is 170 Å². The Balaban J connectivity index is 0.000000177. The zero-order valence-corrected chi connectivity index (χ0v) is 75.8. The SMILES string of the molecule is C.C[C-](C)C.O=P1(Oc2c(F)c(F)c(F)c(F)c2F)OCc2ccccc2O1.[2H][C@@]1(n2ccc(=O)[nH]c2=O)O[C@](F)(CO)[C@H]2OC(C)(C)O[C@H]21.[2H][C@@]1(n2ccc(=O)[nH]c2=O)O[C@](F)(CO)[C@H]2OC(C)(C)O[C@H]21.[2H][C@@]1(n2ccc(=O)[nH]c2=O)O[C@](F)(COC(=O)c2cccc(Cl)c2)[C@H]2OC(C)(C)O[C@H]21.[2H][C@@]1(n2ccc(=O)[nH]c2=O)O[C@](F)(COP2(=O)OCc3ccccc3O2)[C@H]2OC(C)(C)O[C@H]21.[Cl-].[Mg+2]. The van der Waals surface area contributed by atoms with E-state index in [2.05, 4.69) is 25.3 Å². The number of aliphatic hydroxyl groups excluding tert-OH is 2. The van der Waals surface area contributed by atoms with Gasteiger partial charge in [0.1, 0.15) is 55.7 Å². The van der Waals surface area contributed by atoms with Crippen molar-refractivity contribution in [2.75, 3.05) is 26.4 Å². The van der Waals surface area contributed by atoms with Gasteiger partial charge in [0, 0.05) is 65.2 Å². The van der Waals surface area contributed by atoms with Gasteiger partial charge in [0.15, 0.2) is 79.0 Å². The van der Waals surface area contributed by atoms with Gasteiger partial charge in [0.25, 0.3) is 45.7 Å². The second-order valence-electron chi connectivity index (χ2n) is 31.7. The van der Waals surface area contributed by atoms with Crippen LogP contribution in [0.2, 0.25) is 5.02 Å². The number of nitrogens with zero attached hydrogens (tertiary/aromatic N) is 4. The van der Waals surface area contributed by atoms with E-state index in [9.17, 15) is 93.2 Å². The monoisotopic (exact) mass is 2000 g/mol. The Morgan fingerprint density at radius 2 is 0.776 bits per heavy atom. The maximum atomic E-state index is 16.1. The second-order valence-corrected chi connectivity index (χ2v) is 35.3. The maximum Gasteiger partial charge on any atom is 2.00 e. The Morgan fingerprint density at radius 3 is 1.11 bits per heavy atom. The molecule has 0 radical (unpaired) electrons. The number of phosphoric ester groups is 2. The molecule has 0 saturated carbocycles. The molecule has 10 aliphatic rings. The summed E-state index contributed by atoms with van der Waals surface area (Å²) in [6, 6.07) is 22.6. The maximum absolute atomic E-state index is 16.1. The second kappa shape index (κ2) is 40.9. The van der Waals surface area contributed by atoms with E-state index in [-0.39, 0.29) is 73.2 Å². The van der Waals surface area contributed by atoms with Crippen molar-refractivity contribution in [1.82, 2.24) is 38.2 Å². The molecule has 18 rings (SSSR count). The average molecular weight is 2000 g/mol. The summed E-state index contributed by atoms with van der Waals surface area (Å²) in [5.74, 6) is -28.5. The van der Waals surface area contributed by atoms with Crippen LogP contribution in [0.4, 0.5) is 39.5 Å². The van der Waals surface area contributed by atoms with E-state index in [0.717, 1.165) is 49.1 Å². The normalized spacial score (nSPS) is 33.1. The van der Waals surface area contributed by atoms with Crippen LogP contribution in [0.1, 0.15) is 135 Å². The number of alkyl halides is 4. The topological polar surface area (TPSA) is 486 Å². The Labute approximate surface area is 783 Å². The van der Waals surface area contributed by atoms with Gasteiger partial charge in [-0.3, -0.25) is 71.0 Å². The number of aromatic amines is 4. The first-order valence-electron chi connectivity index (χ1n) is 40.7. The summed E-state index contributed by atoms with van der Waals surface area (Å²) in [6.07, 6.45) is -17.0. The number of ether oxygens (including phenoxy) is 13. The van der Waals surface area contributed by atoms with E-state index in [4.69, 9.17) is 101 Å². The molecule has 18 atom stereocenters. The summed E-state index contributed by atoms with van der Waals surface area (Å²) in [7, 11) is -8.84. The number of esters is 1. The number of halogens is 11. The van der Waals surface area contributed by atoms with Gasteiger partial charge in [-0.05, 0) is 85.7 Å². The molecule has 8 saturated heterocycles. The molecular weight excluding hydrogens is 1910 g/mol. The molecule has 134 heavy (non-hydrogen) atoms. The summed E-state index contributed by atoms with van der Waals surface area (Å²) in [4.78, 5) is 114. The van der Waals surface area contributed by atoms with E-state index in [1.54, 1.807) is 42.5 Å². The smallest absolute Gasteiger partial charge is 1.00 e. The van der Waals surface area contributed by atoms with Crippen LogP contribution < -0.4 is 71.0 Å². The molecule has 14 heterocycles. The number of hydrogen-bond donors (Lipinski definition) is 6. The minimum atomic E-state index is -4.61. The number of carbonyl (C=O) groups excluding carboxylic acids is 1. The Hall–Kier alpha value is -9.03. The molecule has 40 nitrogen and oxygen atoms in total. The molecule has 54 heteroatoms. The van der Waals surface area contributed by atoms with Crippen molar-refractivity contribution in [3.63, 3.8) is 0 Å². The standard InChI is InChI=1S/C19H18ClFN2O7.C19H20FN2O9P.C13H6F5O4P.2C12H15FN2O6.C4H9.CH4.ClH.Mg/c1-18(2)28-13-14(29-18)19(21,9-27-16(25)10-4-3-5-11(20)8-10)30-15(13)23-7-6-12(24)22-17(23)26;1-18(2)28-14-15(29-18)19(20,30-16(14)22-8-7-13(23)21-17(22)24)10-27-32(25)26-9-11-5-3-4-6-12(11)31-32;14-8-9(15)11(17)13(12(18)10(8)16)22-23(19)20-5-6-3-1-2-4-7(6)21-23;2*1-11(2)19-7-8(20-11)12(13,5-16)21-9(7)15-4-3-6(17)14-10(15)18;1-4(2)3;;;/h3-8,13-15H,9H2,1-2H3,(H,22,24,26);3-8,14-16H,9-10H2,1-2H3,(H,21,23,24);1-4H,5H2;2*3-4,7-9,16H,5H2,1-2H3,(H,14,17,18);1-3H3;1H4;1H;/q;;;;;-1;;;+2/p-1/t13-,14+,15-,19-;14-,15+,16-,19-,32?;;2*7-,8+,9-,12-;;;;/m11.11..../s1/i15D;16D;;2*9D;;;;. The number of rotatable bonds is 14. The van der Waals surface area contributed by atoms with Crippen LogP contribution in [0, 0.1) is 35.0 Å². The number of para-hydroxylation sites is 2. The predicted octanol–water partition coefficient (Wildman–Crippen LogP) is 5.59. The molecular formula is C80H87Cl2F9MgN8O32P2. The van der Waals surface area contributed by atoms with Crippen LogP contribution in [-0.2, 0) is 97.5 Å². The van der Waals surface area contributed by atoms with Gasteiger partial charge in [-0.15, -0.1) is 0 Å². The number of H-pyrrole nitrogens is 4. The molecule has 8 fully saturated rings. The molecule has 4 aromatic heterocycles. The molecule has 0 bridgehead atoms. The summed E-state index contributed by atoms with van der Waals surface area (Å²) < 4.78 is 290. The van der Waals surface area contributed by atoms with E-state index in [0.29, 0.717) is 34.4 Å². The molecule has 6 N–H and O–H groups in total. The predicted molar refractivity (Wildman–Crippen MR) is 437 cm³/mol. The summed E-state index contributed by atoms with van der Waals surface area (Å²) in [5.41, 5.74) is -5.50. The summed E-state index contributed by atoms with van der Waals surface area (Å²) in [5, 5.41) is 18.8. The van der Waals surface area contributed by atoms with Crippen LogP contribution in [0.25, 0.3) is 0 Å². The Morgan fingerprint density at radius 1 is 0.470 bits per heavy atom. The largest absolute Gasteiger partial charge is 2.00 e. The van der Waals surface area contributed by atoms with Gasteiger partial charge in [-0.25, -0.2) is 63.8 Å². The number of hydrogen-bond acceptors (Lipinski definition) is 32. The van der Waals surface area contributed by atoms with Gasteiger partial charge in [-0.1, -0.05) is 61.5 Å². The summed E-state index contributed by atoms with van der Waals surface area (Å²) in [6.45, 7) is 13.8. The number of fused-ring (bicyclic) bond motifs is 6. The fourth-order valence-electron chi connectivity index (χ4n) is 13.7. The van der Waals surface area contributed by atoms with E-state index < -0.39 is 248 Å². The molecule has 0 amide bonds. The number of benzene rings is 4. The van der Waals surface area contributed by atoms with E-state index in [1.807, 2.05) is 19.9 Å². The third-order valence-corrected chi connectivity index (χ3v) is 22.0. The number of aliphatic hydroxyl groups is 2. The quantitative estimate of drug-likeness (QED) is 0.0147. The van der Waals surface area contributed by atoms with Crippen molar-refractivity contribution in [2.45, 2.75) is 217 Å². The van der Waals surface area contributed by atoms with Crippen molar-refractivity contribution in [3.8, 4) is 17.2 Å². The fourth-order valence-corrected chi connectivity index (χ4v) is 16.4. The molecule has 8 aromatic rings. The third-order valence-electron chi connectivity index (χ3n) is 19.2. The molecule has 2 unspecified atom stereocenters. The minimum absolute atomic E-state index is 0. The van der Waals surface area contributed by atoms with Crippen molar-refractivity contribution in [1.29, 1.82) is 0 Å². The number of carbonyl (C=O) groups is 1. The zero-order chi connectivity index (χ0) is 99.3. The average Bonchev–Trinajstić information content (AvgIpc) is 1.57. The van der Waals surface area contributed by atoms with Crippen molar-refractivity contribution in [3.05, 3.63) is 262 Å². The van der Waals surface area contributed by atoms with Crippen LogP contribution >= 0.6 is 27.2 Å². The number of aromatic nitrogens is 8. The molecule has 0 spiro atoms. The van der Waals surface area contributed by atoms with Crippen LogP contribution in [0.3, 0.4) is 0 Å². The van der Waals surface area contributed by atoms with Crippen molar-refractivity contribution >= 4 is 56.3 Å². The van der Waals surface area contributed by atoms with Crippen molar-refractivity contribution in [2.24, 2.45) is 0 Å². The molecule has 10 aliphatic heterocycles. The van der Waals surface area contributed by atoms with Crippen LogP contribution in [0.15, 0.2) is 160 Å². The minimum Gasteiger partial charge on any atom is -1.00 e. The van der Waals surface area contributed by atoms with Gasteiger partial charge < -0.3 is 104 Å². The van der Waals surface area contributed by atoms with E-state index >= 15 is 8.78 Å². The van der Waals surface area contributed by atoms with Gasteiger partial charge in [0.2, 0.25) is 34.8 Å². The Bertz CT molecular complexity index is 6370. The first-order chi connectivity index (χ1) is 62.6. The Kier molecular flexibility index (Phi) is 30.8. The van der Waals surface area contributed by atoms with Gasteiger partial charge in [0.05, 0.1) is 24.3 Å². The molecule has 4 aromatic carbocycles. The first-order valence-corrected chi connectivity index (χ1v) is 42.0. The fraction of sp³-hybridized carbons (Fsp3) is 0.475. The molecule has 728 valence electrons.